The quantitative estimate of drug-likeness (QED) is 0.687. The van der Waals surface area contributed by atoms with Crippen LogP contribution in [0.25, 0.3) is 0 Å². The average Bonchev–Trinajstić information content (AvgIpc) is 2.81. The standard InChI is InChI=1S/C9H17N.C4H8O2/c1-2-5-9(6-3-1)7-4-8-10-9;1-2-6-4-3-5-1/h10H,1-8H2;1-4H2. The third-order valence-electron chi connectivity index (χ3n) is 3.89. The summed E-state index contributed by atoms with van der Waals surface area (Å²) in [5.41, 5.74) is 0.623. The van der Waals surface area contributed by atoms with Crippen molar-refractivity contribution in [2.45, 2.75) is 50.5 Å². The van der Waals surface area contributed by atoms with Crippen molar-refractivity contribution in [1.82, 2.24) is 5.32 Å². The molecule has 1 spiro atoms. The van der Waals surface area contributed by atoms with Crippen LogP contribution in [0.15, 0.2) is 0 Å². The van der Waals surface area contributed by atoms with Gasteiger partial charge in [0.1, 0.15) is 0 Å². The molecule has 0 aromatic heterocycles. The van der Waals surface area contributed by atoms with Crippen molar-refractivity contribution in [1.29, 1.82) is 0 Å². The lowest BCUT2D eigenvalue weighted by molar-refractivity contribution is -0.0334. The Hall–Kier alpha value is -0.120. The largest absolute Gasteiger partial charge is 0.377 e. The molecule has 3 fully saturated rings. The number of hydrogen-bond acceptors (Lipinski definition) is 3. The normalized spacial score (nSPS) is 28.5. The predicted octanol–water partition coefficient (Wildman–Crippen LogP) is 2.11. The van der Waals surface area contributed by atoms with E-state index in [0.29, 0.717) is 5.54 Å². The molecule has 3 nitrogen and oxygen atoms in total. The molecule has 0 aromatic rings. The third kappa shape index (κ3) is 3.72. The molecule has 3 aliphatic rings. The second kappa shape index (κ2) is 6.58. The molecule has 2 aliphatic heterocycles. The van der Waals surface area contributed by atoms with Crippen LogP contribution in [0.4, 0.5) is 0 Å². The molecule has 0 aromatic carbocycles. The maximum atomic E-state index is 4.94. The molecule has 16 heavy (non-hydrogen) atoms. The number of ether oxygens (including phenoxy) is 2. The zero-order chi connectivity index (χ0) is 11.1. The fourth-order valence-corrected chi connectivity index (χ4v) is 2.96. The monoisotopic (exact) mass is 227 g/mol. The van der Waals surface area contributed by atoms with Crippen molar-refractivity contribution in [3.05, 3.63) is 0 Å². The van der Waals surface area contributed by atoms with E-state index in [0.717, 1.165) is 26.4 Å². The lowest BCUT2D eigenvalue weighted by Crippen LogP contribution is -2.41. The van der Waals surface area contributed by atoms with Gasteiger partial charge in [-0.05, 0) is 32.2 Å². The third-order valence-corrected chi connectivity index (χ3v) is 3.89. The molecule has 1 saturated carbocycles. The van der Waals surface area contributed by atoms with Crippen LogP contribution in [0.2, 0.25) is 0 Å². The van der Waals surface area contributed by atoms with Gasteiger partial charge in [0.25, 0.3) is 0 Å². The van der Waals surface area contributed by atoms with Gasteiger partial charge in [0.2, 0.25) is 0 Å². The summed E-state index contributed by atoms with van der Waals surface area (Å²) in [5.74, 6) is 0. The minimum absolute atomic E-state index is 0.623. The molecule has 2 saturated heterocycles. The summed E-state index contributed by atoms with van der Waals surface area (Å²) in [6, 6.07) is 0. The summed E-state index contributed by atoms with van der Waals surface area (Å²) in [7, 11) is 0. The summed E-state index contributed by atoms with van der Waals surface area (Å²) < 4.78 is 9.89. The number of rotatable bonds is 0. The Kier molecular flexibility index (Phi) is 5.07. The average molecular weight is 227 g/mol. The van der Waals surface area contributed by atoms with E-state index in [1.165, 1.54) is 51.5 Å². The first-order chi connectivity index (χ1) is 7.91. The highest BCUT2D eigenvalue weighted by Gasteiger charge is 2.33. The lowest BCUT2D eigenvalue weighted by atomic mass is 9.81. The minimum Gasteiger partial charge on any atom is -0.377 e. The van der Waals surface area contributed by atoms with Crippen LogP contribution in [0, 0.1) is 0 Å². The Morgan fingerprint density at radius 2 is 1.25 bits per heavy atom. The molecular formula is C13H25NO2. The Bertz CT molecular complexity index is 167. The van der Waals surface area contributed by atoms with Gasteiger partial charge in [-0.1, -0.05) is 19.3 Å². The van der Waals surface area contributed by atoms with Gasteiger partial charge in [0.15, 0.2) is 0 Å². The van der Waals surface area contributed by atoms with Crippen molar-refractivity contribution in [2.75, 3.05) is 33.0 Å². The fourth-order valence-electron chi connectivity index (χ4n) is 2.96. The number of hydrogen-bond donors (Lipinski definition) is 1. The van der Waals surface area contributed by atoms with Gasteiger partial charge in [-0.3, -0.25) is 0 Å². The van der Waals surface area contributed by atoms with Crippen molar-refractivity contribution in [3.63, 3.8) is 0 Å². The van der Waals surface area contributed by atoms with Gasteiger partial charge in [-0.15, -0.1) is 0 Å². The fraction of sp³-hybridized carbons (Fsp3) is 1.00. The Balaban J connectivity index is 0.000000138. The van der Waals surface area contributed by atoms with Crippen LogP contribution < -0.4 is 5.32 Å². The molecule has 0 amide bonds. The summed E-state index contributed by atoms with van der Waals surface area (Å²) in [5, 5.41) is 3.67. The minimum atomic E-state index is 0.623. The first-order valence-electron chi connectivity index (χ1n) is 6.82. The molecule has 3 rings (SSSR count). The van der Waals surface area contributed by atoms with E-state index in [1.807, 2.05) is 0 Å². The lowest BCUT2D eigenvalue weighted by Gasteiger charge is -2.33. The van der Waals surface area contributed by atoms with E-state index < -0.39 is 0 Å². The van der Waals surface area contributed by atoms with E-state index in [4.69, 9.17) is 9.47 Å². The maximum Gasteiger partial charge on any atom is 0.0701 e. The van der Waals surface area contributed by atoms with Crippen molar-refractivity contribution in [2.24, 2.45) is 0 Å². The first-order valence-corrected chi connectivity index (χ1v) is 6.82. The SMILES string of the molecule is C1CCC2(CC1)CCCN2.C1COCCO1. The second-order valence-corrected chi connectivity index (χ2v) is 5.10. The summed E-state index contributed by atoms with van der Waals surface area (Å²) in [6.07, 6.45) is 10.2. The summed E-state index contributed by atoms with van der Waals surface area (Å²) in [4.78, 5) is 0. The Morgan fingerprint density at radius 1 is 0.688 bits per heavy atom. The molecule has 0 unspecified atom stereocenters. The Labute approximate surface area is 98.9 Å². The van der Waals surface area contributed by atoms with E-state index in [1.54, 1.807) is 0 Å². The topological polar surface area (TPSA) is 30.5 Å². The zero-order valence-electron chi connectivity index (χ0n) is 10.3. The summed E-state index contributed by atoms with van der Waals surface area (Å²) in [6.45, 7) is 4.39. The van der Waals surface area contributed by atoms with E-state index in [2.05, 4.69) is 5.32 Å². The summed E-state index contributed by atoms with van der Waals surface area (Å²) >= 11 is 0. The van der Waals surface area contributed by atoms with Gasteiger partial charge in [-0.2, -0.15) is 0 Å². The molecular weight excluding hydrogens is 202 g/mol. The van der Waals surface area contributed by atoms with E-state index >= 15 is 0 Å². The van der Waals surface area contributed by atoms with Gasteiger partial charge in [0.05, 0.1) is 26.4 Å². The number of nitrogens with one attached hydrogen (secondary N) is 1. The van der Waals surface area contributed by atoms with Crippen LogP contribution in [-0.2, 0) is 9.47 Å². The van der Waals surface area contributed by atoms with Gasteiger partial charge in [-0.25, -0.2) is 0 Å². The van der Waals surface area contributed by atoms with Crippen LogP contribution in [-0.4, -0.2) is 38.5 Å². The van der Waals surface area contributed by atoms with Gasteiger partial charge >= 0.3 is 0 Å². The highest BCUT2D eigenvalue weighted by Crippen LogP contribution is 2.34. The highest BCUT2D eigenvalue weighted by molar-refractivity contribution is 4.94. The molecule has 0 radical (unpaired) electrons. The predicted molar refractivity (Wildman–Crippen MR) is 64.7 cm³/mol. The molecule has 2 heterocycles. The molecule has 0 atom stereocenters. The second-order valence-electron chi connectivity index (χ2n) is 5.10. The van der Waals surface area contributed by atoms with E-state index in [9.17, 15) is 0 Å². The van der Waals surface area contributed by atoms with Crippen molar-refractivity contribution < 1.29 is 9.47 Å². The van der Waals surface area contributed by atoms with Crippen LogP contribution in [0.3, 0.4) is 0 Å². The molecule has 0 bridgehead atoms. The molecule has 1 aliphatic carbocycles. The zero-order valence-corrected chi connectivity index (χ0v) is 10.3. The van der Waals surface area contributed by atoms with E-state index in [-0.39, 0.29) is 0 Å². The smallest absolute Gasteiger partial charge is 0.0701 e. The van der Waals surface area contributed by atoms with Crippen molar-refractivity contribution >= 4 is 0 Å². The van der Waals surface area contributed by atoms with Gasteiger partial charge in [0, 0.05) is 5.54 Å². The maximum absolute atomic E-state index is 4.94. The van der Waals surface area contributed by atoms with Crippen LogP contribution >= 0.6 is 0 Å². The molecule has 94 valence electrons. The van der Waals surface area contributed by atoms with Crippen LogP contribution in [0.5, 0.6) is 0 Å². The molecule has 1 N–H and O–H groups in total. The Morgan fingerprint density at radius 3 is 1.69 bits per heavy atom. The first kappa shape index (κ1) is 12.3. The van der Waals surface area contributed by atoms with Crippen LogP contribution in [0.1, 0.15) is 44.9 Å². The van der Waals surface area contributed by atoms with Gasteiger partial charge < -0.3 is 14.8 Å². The van der Waals surface area contributed by atoms with Crippen molar-refractivity contribution in [3.8, 4) is 0 Å². The molecule has 3 heteroatoms. The highest BCUT2D eigenvalue weighted by atomic mass is 16.6.